The van der Waals surface area contributed by atoms with Crippen LogP contribution in [0.5, 0.6) is 0 Å². The zero-order chi connectivity index (χ0) is 69.3. The standard InChI is InChI=1S/C54H86N8O20S12/c1-10-55-41-22-34(5)87(63,64)49-37(41)25-45(83-49)91(71,72)59-14-18-79-30-54(31-80-19-15-60-92(73,74)46-26-38-42(56-11-2)23-35(6)88(65,66)50(38)84-46,32-81-20-16-61-93(75,76)47-27-39-43(57-12-3)24-36(7)89(67,68)51(39)85-47)33-82-21-17-62-94(77,78)48-28-40-44(58-13-4)29-53(8,9)90(69,70)52(40)86-48/h25-28,34-36,41-44,55-62H,10-24,29-33H2,1-9H3/t34-,35?,36?,41-,42-,43-,44-,54?/m0/s1. The van der Waals surface area contributed by atoms with Gasteiger partial charge in [0.2, 0.25) is 40.1 Å². The summed E-state index contributed by atoms with van der Waals surface area (Å²) in [6.07, 6.45) is 0.933. The molecule has 534 valence electrons. The summed E-state index contributed by atoms with van der Waals surface area (Å²) in [5.74, 6) is 0. The molecule has 0 fully saturated rings. The molecule has 8 rings (SSSR count). The van der Waals surface area contributed by atoms with Crippen LogP contribution in [0.15, 0.2) is 57.9 Å². The van der Waals surface area contributed by atoms with Crippen molar-refractivity contribution < 1.29 is 86.3 Å². The molecule has 0 saturated heterocycles. The van der Waals surface area contributed by atoms with Crippen LogP contribution in [0.3, 0.4) is 0 Å². The topological polar surface area (TPSA) is 406 Å². The first-order chi connectivity index (χ1) is 43.9. The second-order valence-corrected chi connectivity index (χ2v) is 46.9. The monoisotopic (exact) mass is 1550 g/mol. The van der Waals surface area contributed by atoms with E-state index < -0.39 is 130 Å². The normalized spacial score (nSPS) is 24.4. The van der Waals surface area contributed by atoms with Crippen molar-refractivity contribution in [2.75, 3.05) is 105 Å². The molecule has 2 unspecified atom stereocenters. The number of nitrogens with one attached hydrogen (secondary N) is 8. The predicted molar refractivity (Wildman–Crippen MR) is 359 cm³/mol. The summed E-state index contributed by atoms with van der Waals surface area (Å²) in [5, 5.41) is 10.6. The minimum atomic E-state index is -4.34. The lowest BCUT2D eigenvalue weighted by Crippen LogP contribution is -2.44. The van der Waals surface area contributed by atoms with Crippen LogP contribution < -0.4 is 40.2 Å². The Morgan fingerprint density at radius 2 is 0.670 bits per heavy atom. The zero-order valence-electron chi connectivity index (χ0n) is 53.6. The number of rotatable bonds is 36. The molecule has 4 aliphatic rings. The first-order valence-electron chi connectivity index (χ1n) is 30.6. The van der Waals surface area contributed by atoms with Gasteiger partial charge in [-0.1, -0.05) is 27.7 Å². The number of sulfone groups is 4. The van der Waals surface area contributed by atoms with Crippen LogP contribution in [0.1, 0.15) is 134 Å². The van der Waals surface area contributed by atoms with Crippen LogP contribution in [0.25, 0.3) is 0 Å². The van der Waals surface area contributed by atoms with Gasteiger partial charge in [-0.25, -0.2) is 86.2 Å². The SMILES string of the molecule is CCN[C@H]1CC(C)S(=O)(=O)c2sc(S(=O)(=O)NCCOCC(COCCNS(=O)(=O)c3cc4c(s3)S(=O)(=O)C(C)C[C@@H]4NCC)(COCCNS(=O)(=O)c3cc4c(s3)S(=O)(=O)[C@@H](C)C[C@@H]4NCC)COCCNS(=O)(=O)c3cc4c(s3)S(=O)(=O)C(C)(C)C[C@@H]4NCC)cc21. The quantitative estimate of drug-likeness (QED) is 0.0302. The number of thiophene rings is 4. The van der Waals surface area contributed by atoms with Gasteiger partial charge >= 0.3 is 0 Å². The van der Waals surface area contributed by atoms with Crippen LogP contribution in [0.2, 0.25) is 0 Å². The molecule has 4 aromatic rings. The molecule has 4 aliphatic heterocycles. The smallest absolute Gasteiger partial charge is 0.250 e. The molecule has 0 saturated carbocycles. The van der Waals surface area contributed by atoms with E-state index in [4.69, 9.17) is 18.9 Å². The average molecular weight is 1550 g/mol. The van der Waals surface area contributed by atoms with Crippen molar-refractivity contribution in [3.63, 3.8) is 0 Å². The highest BCUT2D eigenvalue weighted by Crippen LogP contribution is 2.49. The Labute approximate surface area is 569 Å². The lowest BCUT2D eigenvalue weighted by Gasteiger charge is -2.35. The first kappa shape index (κ1) is 77.7. The van der Waals surface area contributed by atoms with Crippen molar-refractivity contribution in [3.05, 3.63) is 46.5 Å². The Kier molecular flexibility index (Phi) is 25.3. The largest absolute Gasteiger partial charge is 0.379 e. The number of hydrogen-bond donors (Lipinski definition) is 8. The molecular weight excluding hydrogens is 1470 g/mol. The first-order valence-corrected chi connectivity index (χ1v) is 45.9. The molecule has 8 heterocycles. The van der Waals surface area contributed by atoms with Crippen LogP contribution in [0.4, 0.5) is 0 Å². The van der Waals surface area contributed by atoms with E-state index in [1.807, 2.05) is 27.7 Å². The fraction of sp³-hybridized carbons (Fsp3) is 0.704. The molecule has 0 amide bonds. The van der Waals surface area contributed by atoms with E-state index in [-0.39, 0.29) is 138 Å². The van der Waals surface area contributed by atoms with Crippen molar-refractivity contribution >= 4 is 125 Å². The maximum absolute atomic E-state index is 13.9. The number of fused-ring (bicyclic) bond motifs is 4. The van der Waals surface area contributed by atoms with E-state index in [1.54, 1.807) is 34.6 Å². The van der Waals surface area contributed by atoms with E-state index in [2.05, 4.69) is 40.2 Å². The molecule has 7 atom stereocenters. The summed E-state index contributed by atoms with van der Waals surface area (Å²) in [6, 6.07) is 3.72. The van der Waals surface area contributed by atoms with Crippen LogP contribution in [-0.4, -0.2) is 193 Å². The van der Waals surface area contributed by atoms with Gasteiger partial charge in [0.15, 0.2) is 39.3 Å². The molecular formula is C54H86N8O20S12. The van der Waals surface area contributed by atoms with Crippen molar-refractivity contribution in [2.24, 2.45) is 5.41 Å². The van der Waals surface area contributed by atoms with Crippen LogP contribution in [-0.2, 0) is 98.4 Å². The lowest BCUT2D eigenvalue weighted by molar-refractivity contribution is -0.104. The van der Waals surface area contributed by atoms with Gasteiger partial charge in [0.25, 0.3) is 0 Å². The summed E-state index contributed by atoms with van der Waals surface area (Å²) >= 11 is 2.55. The highest BCUT2D eigenvalue weighted by molar-refractivity contribution is 7.97. The van der Waals surface area contributed by atoms with Crippen molar-refractivity contribution in [3.8, 4) is 0 Å². The Balaban J connectivity index is 1.01. The number of hydrogen-bond acceptors (Lipinski definition) is 28. The summed E-state index contributed by atoms with van der Waals surface area (Å²) in [5.41, 5.74) is -0.0580. The summed E-state index contributed by atoms with van der Waals surface area (Å²) in [7, 11) is -32.7. The summed E-state index contributed by atoms with van der Waals surface area (Å²) in [4.78, 5) is 0. The third-order valence-electron chi connectivity index (χ3n) is 16.7. The fourth-order valence-electron chi connectivity index (χ4n) is 11.5. The van der Waals surface area contributed by atoms with Gasteiger partial charge in [-0.05, 0) is 111 Å². The predicted octanol–water partition coefficient (Wildman–Crippen LogP) is 3.46. The van der Waals surface area contributed by atoms with Crippen molar-refractivity contribution in [1.82, 2.24) is 40.2 Å². The van der Waals surface area contributed by atoms with Crippen molar-refractivity contribution in [2.45, 2.75) is 166 Å². The maximum atomic E-state index is 13.9. The molecule has 40 heteroatoms. The van der Waals surface area contributed by atoms with Gasteiger partial charge in [-0.3, -0.25) is 0 Å². The minimum absolute atomic E-state index is 0.0446. The highest BCUT2D eigenvalue weighted by atomic mass is 32.3. The van der Waals surface area contributed by atoms with Gasteiger partial charge in [-0.2, -0.15) is 0 Å². The summed E-state index contributed by atoms with van der Waals surface area (Å²) in [6.45, 7) is 13.1. The Hall–Kier alpha value is -2.08. The van der Waals surface area contributed by atoms with Crippen LogP contribution >= 0.6 is 45.3 Å². The number of sulfonamides is 4. The molecule has 0 aromatic carbocycles. The van der Waals surface area contributed by atoms with Crippen molar-refractivity contribution in [1.29, 1.82) is 0 Å². The van der Waals surface area contributed by atoms with Gasteiger partial charge in [0.1, 0.15) is 33.7 Å². The lowest BCUT2D eigenvalue weighted by atomic mass is 9.92. The molecule has 94 heavy (non-hydrogen) atoms. The van der Waals surface area contributed by atoms with E-state index in [0.717, 1.165) is 0 Å². The van der Waals surface area contributed by atoms with Gasteiger partial charge < -0.3 is 40.2 Å². The molecule has 28 nitrogen and oxygen atoms in total. The van der Waals surface area contributed by atoms with Gasteiger partial charge in [0, 0.05) is 72.6 Å². The Morgan fingerprint density at radius 1 is 0.426 bits per heavy atom. The van der Waals surface area contributed by atoms with E-state index in [1.165, 1.54) is 24.3 Å². The molecule has 0 aliphatic carbocycles. The molecule has 4 aromatic heterocycles. The number of ether oxygens (including phenoxy) is 4. The van der Waals surface area contributed by atoms with Gasteiger partial charge in [0.05, 0.1) is 78.8 Å². The average Bonchev–Trinajstić information content (AvgIpc) is 1.57. The Morgan fingerprint density at radius 3 is 0.936 bits per heavy atom. The highest BCUT2D eigenvalue weighted by Gasteiger charge is 2.48. The third kappa shape index (κ3) is 16.8. The third-order valence-corrected chi connectivity index (χ3v) is 40.3. The van der Waals surface area contributed by atoms with E-state index in [0.29, 0.717) is 93.8 Å². The molecule has 8 N–H and O–H groups in total. The van der Waals surface area contributed by atoms with Crippen LogP contribution in [0, 0.1) is 5.41 Å². The molecule has 0 bridgehead atoms. The molecule has 0 radical (unpaired) electrons. The van der Waals surface area contributed by atoms with E-state index in [9.17, 15) is 67.3 Å². The second kappa shape index (κ2) is 30.6. The second-order valence-electron chi connectivity index (χ2n) is 24.2. The maximum Gasteiger partial charge on any atom is 0.250 e. The minimum Gasteiger partial charge on any atom is -0.379 e. The molecule has 0 spiro atoms. The Bertz CT molecular complexity index is 3980. The summed E-state index contributed by atoms with van der Waals surface area (Å²) < 4.78 is 250. The fourth-order valence-corrected chi connectivity index (χ4v) is 32.0. The van der Waals surface area contributed by atoms with Gasteiger partial charge in [-0.15, -0.1) is 45.3 Å². The zero-order valence-corrected chi connectivity index (χ0v) is 63.4. The van der Waals surface area contributed by atoms with E-state index >= 15 is 0 Å².